The second-order valence-electron chi connectivity index (χ2n) is 3.85. The fourth-order valence-corrected chi connectivity index (χ4v) is 2.47. The lowest BCUT2D eigenvalue weighted by Gasteiger charge is -2.12. The summed E-state index contributed by atoms with van der Waals surface area (Å²) in [7, 11) is 0. The van der Waals surface area contributed by atoms with Crippen molar-refractivity contribution in [1.29, 1.82) is 0 Å². The number of benzene rings is 1. The monoisotopic (exact) mass is 239 g/mol. The highest BCUT2D eigenvalue weighted by molar-refractivity contribution is 8.00. The van der Waals surface area contributed by atoms with Crippen LogP contribution in [-0.4, -0.2) is 16.3 Å². The molecule has 0 fully saturated rings. The third-order valence-electron chi connectivity index (χ3n) is 2.38. The van der Waals surface area contributed by atoms with Crippen molar-refractivity contribution in [2.24, 2.45) is 0 Å². The summed E-state index contributed by atoms with van der Waals surface area (Å²) in [4.78, 5) is 11.5. The molecule has 0 saturated heterocycles. The van der Waals surface area contributed by atoms with Crippen LogP contribution in [0, 0.1) is 6.92 Å². The minimum absolute atomic E-state index is 0.208. The Morgan fingerprint density at radius 3 is 2.88 bits per heavy atom. The Kier molecular flexibility index (Phi) is 4.68. The van der Waals surface area contributed by atoms with Gasteiger partial charge in [0.15, 0.2) is 0 Å². The Morgan fingerprint density at radius 1 is 1.56 bits per heavy atom. The molecule has 16 heavy (non-hydrogen) atoms. The van der Waals surface area contributed by atoms with Crippen molar-refractivity contribution in [3.63, 3.8) is 0 Å². The molecular formula is C12H17NO2S. The predicted molar refractivity (Wildman–Crippen MR) is 67.8 cm³/mol. The van der Waals surface area contributed by atoms with E-state index in [1.807, 2.05) is 32.0 Å². The lowest BCUT2D eigenvalue weighted by Crippen LogP contribution is -2.03. The van der Waals surface area contributed by atoms with Crippen LogP contribution in [0.25, 0.3) is 0 Å². The molecule has 4 heteroatoms. The number of hydrogen-bond acceptors (Lipinski definition) is 3. The van der Waals surface area contributed by atoms with E-state index in [4.69, 9.17) is 10.8 Å². The first-order valence-electron chi connectivity index (χ1n) is 5.24. The van der Waals surface area contributed by atoms with Crippen molar-refractivity contribution in [2.75, 3.05) is 5.73 Å². The highest BCUT2D eigenvalue weighted by Gasteiger charge is 2.09. The smallest absolute Gasteiger partial charge is 0.303 e. The number of nitrogen functional groups attached to an aromatic ring is 1. The van der Waals surface area contributed by atoms with Gasteiger partial charge in [0.25, 0.3) is 0 Å². The maximum Gasteiger partial charge on any atom is 0.303 e. The van der Waals surface area contributed by atoms with Crippen LogP contribution in [0.4, 0.5) is 5.69 Å². The molecule has 0 aromatic heterocycles. The lowest BCUT2D eigenvalue weighted by molar-refractivity contribution is -0.137. The summed E-state index contributed by atoms with van der Waals surface area (Å²) in [6.45, 7) is 4.00. The molecule has 0 amide bonds. The van der Waals surface area contributed by atoms with Crippen LogP contribution in [0.15, 0.2) is 23.1 Å². The van der Waals surface area contributed by atoms with Gasteiger partial charge in [-0.2, -0.15) is 0 Å². The van der Waals surface area contributed by atoms with Crippen molar-refractivity contribution in [3.05, 3.63) is 23.8 Å². The number of aryl methyl sites for hydroxylation is 1. The second-order valence-corrected chi connectivity index (χ2v) is 5.33. The maximum atomic E-state index is 10.4. The zero-order chi connectivity index (χ0) is 12.1. The van der Waals surface area contributed by atoms with E-state index >= 15 is 0 Å². The van der Waals surface area contributed by atoms with E-state index < -0.39 is 5.97 Å². The number of para-hydroxylation sites is 1. The number of aliphatic carboxylic acids is 1. The second kappa shape index (κ2) is 5.80. The number of carboxylic acids is 1. The predicted octanol–water partition coefficient (Wildman–Crippen LogP) is 2.92. The van der Waals surface area contributed by atoms with Crippen LogP contribution >= 0.6 is 11.8 Å². The van der Waals surface area contributed by atoms with E-state index in [0.717, 1.165) is 16.1 Å². The quantitative estimate of drug-likeness (QED) is 0.612. The van der Waals surface area contributed by atoms with E-state index in [0.29, 0.717) is 6.42 Å². The van der Waals surface area contributed by atoms with Crippen LogP contribution in [0.5, 0.6) is 0 Å². The van der Waals surface area contributed by atoms with Gasteiger partial charge in [-0.15, -0.1) is 11.8 Å². The Hall–Kier alpha value is -1.16. The minimum Gasteiger partial charge on any atom is -0.481 e. The Labute approximate surface area is 100 Å². The van der Waals surface area contributed by atoms with Gasteiger partial charge >= 0.3 is 5.97 Å². The van der Waals surface area contributed by atoms with Crippen LogP contribution in [0.1, 0.15) is 25.3 Å². The van der Waals surface area contributed by atoms with Gasteiger partial charge in [0.05, 0.1) is 0 Å². The number of carboxylic acid groups (broad SMARTS) is 1. The molecule has 0 heterocycles. The fourth-order valence-electron chi connectivity index (χ4n) is 1.36. The molecular weight excluding hydrogens is 222 g/mol. The number of anilines is 1. The zero-order valence-electron chi connectivity index (χ0n) is 9.56. The molecule has 1 unspecified atom stereocenters. The Bertz CT molecular complexity index is 379. The lowest BCUT2D eigenvalue weighted by atomic mass is 10.2. The normalized spacial score (nSPS) is 12.4. The zero-order valence-corrected chi connectivity index (χ0v) is 10.4. The molecule has 0 aliphatic rings. The van der Waals surface area contributed by atoms with E-state index in [2.05, 4.69) is 0 Å². The third kappa shape index (κ3) is 3.77. The molecule has 88 valence electrons. The summed E-state index contributed by atoms with van der Waals surface area (Å²) >= 11 is 1.64. The van der Waals surface area contributed by atoms with E-state index in [1.165, 1.54) is 0 Å². The molecule has 0 radical (unpaired) electrons. The average molecular weight is 239 g/mol. The molecule has 0 saturated carbocycles. The van der Waals surface area contributed by atoms with Crippen molar-refractivity contribution in [3.8, 4) is 0 Å². The molecule has 1 rings (SSSR count). The van der Waals surface area contributed by atoms with Gasteiger partial charge < -0.3 is 10.8 Å². The van der Waals surface area contributed by atoms with Crippen molar-refractivity contribution >= 4 is 23.4 Å². The molecule has 0 spiro atoms. The Morgan fingerprint density at radius 2 is 2.25 bits per heavy atom. The summed E-state index contributed by atoms with van der Waals surface area (Å²) in [5.41, 5.74) is 7.82. The molecule has 0 bridgehead atoms. The molecule has 0 aliphatic heterocycles. The van der Waals surface area contributed by atoms with Crippen molar-refractivity contribution in [2.45, 2.75) is 36.8 Å². The molecule has 3 nitrogen and oxygen atoms in total. The van der Waals surface area contributed by atoms with Crippen LogP contribution in [-0.2, 0) is 4.79 Å². The van der Waals surface area contributed by atoms with Gasteiger partial charge in [-0.3, -0.25) is 4.79 Å². The number of carbonyl (C=O) groups is 1. The van der Waals surface area contributed by atoms with Crippen molar-refractivity contribution < 1.29 is 9.90 Å². The first-order valence-corrected chi connectivity index (χ1v) is 6.12. The van der Waals surface area contributed by atoms with E-state index in [-0.39, 0.29) is 11.7 Å². The number of rotatable bonds is 5. The summed E-state index contributed by atoms with van der Waals surface area (Å²) < 4.78 is 0. The summed E-state index contributed by atoms with van der Waals surface area (Å²) in [6.07, 6.45) is 0.868. The van der Waals surface area contributed by atoms with E-state index in [1.54, 1.807) is 11.8 Å². The minimum atomic E-state index is -0.746. The number of thioether (sulfide) groups is 1. The first-order chi connectivity index (χ1) is 7.50. The molecule has 3 N–H and O–H groups in total. The summed E-state index contributed by atoms with van der Waals surface area (Å²) in [6, 6.07) is 5.92. The van der Waals surface area contributed by atoms with Crippen LogP contribution in [0.2, 0.25) is 0 Å². The molecule has 1 aromatic carbocycles. The Balaban J connectivity index is 2.59. The number of hydrogen-bond donors (Lipinski definition) is 2. The number of nitrogens with two attached hydrogens (primary N) is 1. The van der Waals surface area contributed by atoms with Gasteiger partial charge in [0, 0.05) is 22.3 Å². The third-order valence-corrected chi connectivity index (χ3v) is 3.63. The topological polar surface area (TPSA) is 63.3 Å². The van der Waals surface area contributed by atoms with Gasteiger partial charge in [0.2, 0.25) is 0 Å². The largest absolute Gasteiger partial charge is 0.481 e. The van der Waals surface area contributed by atoms with Gasteiger partial charge in [-0.25, -0.2) is 0 Å². The van der Waals surface area contributed by atoms with Gasteiger partial charge in [-0.05, 0) is 25.0 Å². The highest BCUT2D eigenvalue weighted by atomic mass is 32.2. The summed E-state index contributed by atoms with van der Waals surface area (Å²) in [5, 5.41) is 8.86. The standard InChI is InChI=1S/C12H17NO2S/c1-8-4-3-5-10(12(8)13)16-9(2)6-7-11(14)15/h3-5,9H,6-7,13H2,1-2H3,(H,14,15). The maximum absolute atomic E-state index is 10.4. The SMILES string of the molecule is Cc1cccc(SC(C)CCC(=O)O)c1N. The molecule has 0 aliphatic carbocycles. The average Bonchev–Trinajstić information content (AvgIpc) is 2.22. The van der Waals surface area contributed by atoms with Gasteiger partial charge in [-0.1, -0.05) is 19.1 Å². The molecule has 1 aromatic rings. The van der Waals surface area contributed by atoms with E-state index in [9.17, 15) is 4.79 Å². The first kappa shape index (κ1) is 12.9. The van der Waals surface area contributed by atoms with Crippen molar-refractivity contribution in [1.82, 2.24) is 0 Å². The van der Waals surface area contributed by atoms with Gasteiger partial charge in [0.1, 0.15) is 0 Å². The summed E-state index contributed by atoms with van der Waals surface area (Å²) in [5.74, 6) is -0.746. The fraction of sp³-hybridized carbons (Fsp3) is 0.417. The highest BCUT2D eigenvalue weighted by Crippen LogP contribution is 2.32. The molecule has 1 atom stereocenters. The van der Waals surface area contributed by atoms with Crippen LogP contribution < -0.4 is 5.73 Å². The van der Waals surface area contributed by atoms with Crippen LogP contribution in [0.3, 0.4) is 0 Å².